The SMILES string of the molecule is CCOc1cc(C(=O)NCCCN(C)C2CCCCC2)ccc1OCC(=O)N1CCCCC1. The number of benzene rings is 1. The topological polar surface area (TPSA) is 71.1 Å². The minimum atomic E-state index is -0.118. The van der Waals surface area contributed by atoms with Gasteiger partial charge in [0, 0.05) is 31.2 Å². The molecule has 3 rings (SSSR count). The van der Waals surface area contributed by atoms with Gasteiger partial charge in [0.05, 0.1) is 6.61 Å². The summed E-state index contributed by atoms with van der Waals surface area (Å²) >= 11 is 0. The number of ether oxygens (including phenoxy) is 2. The Morgan fingerprint density at radius 1 is 1.03 bits per heavy atom. The van der Waals surface area contributed by atoms with Gasteiger partial charge in [-0.3, -0.25) is 9.59 Å². The molecule has 0 aromatic heterocycles. The molecule has 1 aromatic rings. The lowest BCUT2D eigenvalue weighted by Gasteiger charge is -2.31. The summed E-state index contributed by atoms with van der Waals surface area (Å²) in [7, 11) is 2.20. The molecule has 1 aromatic carbocycles. The molecule has 1 N–H and O–H groups in total. The van der Waals surface area contributed by atoms with Crippen molar-refractivity contribution in [1.82, 2.24) is 15.1 Å². The fourth-order valence-electron chi connectivity index (χ4n) is 4.75. The number of nitrogens with one attached hydrogen (secondary N) is 1. The quantitative estimate of drug-likeness (QED) is 0.509. The highest BCUT2D eigenvalue weighted by molar-refractivity contribution is 5.94. The lowest BCUT2D eigenvalue weighted by atomic mass is 9.94. The van der Waals surface area contributed by atoms with Crippen molar-refractivity contribution in [1.29, 1.82) is 0 Å². The Labute approximate surface area is 198 Å². The van der Waals surface area contributed by atoms with Crippen LogP contribution in [0.1, 0.15) is 75.1 Å². The molecule has 1 saturated heterocycles. The molecular formula is C26H41N3O4. The Morgan fingerprint density at radius 2 is 1.76 bits per heavy atom. The zero-order valence-corrected chi connectivity index (χ0v) is 20.4. The highest BCUT2D eigenvalue weighted by Crippen LogP contribution is 2.29. The Bertz CT molecular complexity index is 758. The van der Waals surface area contributed by atoms with Gasteiger partial charge in [-0.1, -0.05) is 19.3 Å². The van der Waals surface area contributed by atoms with Crippen LogP contribution in [0.15, 0.2) is 18.2 Å². The zero-order chi connectivity index (χ0) is 23.5. The number of hydrogen-bond acceptors (Lipinski definition) is 5. The molecule has 7 heteroatoms. The molecule has 0 atom stereocenters. The summed E-state index contributed by atoms with van der Waals surface area (Å²) in [5.74, 6) is 0.867. The van der Waals surface area contributed by atoms with E-state index in [1.807, 2.05) is 11.8 Å². The number of carbonyl (C=O) groups excluding carboxylic acids is 2. The first-order chi connectivity index (χ1) is 16.1. The van der Waals surface area contributed by atoms with Crippen LogP contribution in [-0.2, 0) is 4.79 Å². The molecular weight excluding hydrogens is 418 g/mol. The van der Waals surface area contributed by atoms with Gasteiger partial charge in [-0.05, 0) is 77.2 Å². The zero-order valence-electron chi connectivity index (χ0n) is 20.4. The van der Waals surface area contributed by atoms with E-state index >= 15 is 0 Å². The van der Waals surface area contributed by atoms with Crippen LogP contribution >= 0.6 is 0 Å². The molecule has 2 fully saturated rings. The Balaban J connectivity index is 1.46. The van der Waals surface area contributed by atoms with Gasteiger partial charge in [-0.2, -0.15) is 0 Å². The second kappa shape index (κ2) is 13.4. The third kappa shape index (κ3) is 7.91. The molecule has 33 heavy (non-hydrogen) atoms. The third-order valence-corrected chi connectivity index (χ3v) is 6.74. The normalized spacial score (nSPS) is 17.1. The lowest BCUT2D eigenvalue weighted by molar-refractivity contribution is -0.134. The number of likely N-dealkylation sites (tertiary alicyclic amines) is 1. The molecule has 0 unspecified atom stereocenters. The van der Waals surface area contributed by atoms with E-state index in [2.05, 4.69) is 17.3 Å². The highest BCUT2D eigenvalue weighted by atomic mass is 16.5. The van der Waals surface area contributed by atoms with E-state index in [0.29, 0.717) is 36.3 Å². The maximum absolute atomic E-state index is 12.6. The number of hydrogen-bond donors (Lipinski definition) is 1. The molecule has 0 bridgehead atoms. The number of amides is 2. The largest absolute Gasteiger partial charge is 0.490 e. The molecule has 0 radical (unpaired) electrons. The fourth-order valence-corrected chi connectivity index (χ4v) is 4.75. The summed E-state index contributed by atoms with van der Waals surface area (Å²) in [5.41, 5.74) is 0.536. The van der Waals surface area contributed by atoms with Crippen molar-refractivity contribution in [3.8, 4) is 11.5 Å². The predicted molar refractivity (Wildman–Crippen MR) is 130 cm³/mol. The van der Waals surface area contributed by atoms with Gasteiger partial charge in [0.2, 0.25) is 0 Å². The number of piperidine rings is 1. The minimum Gasteiger partial charge on any atom is -0.490 e. The van der Waals surface area contributed by atoms with Crippen LogP contribution in [-0.4, -0.2) is 74.1 Å². The molecule has 2 amide bonds. The standard InChI is InChI=1S/C26H41N3O4/c1-3-32-24-19-21(13-14-23(24)33-20-25(30)29-17-8-5-9-18-29)26(31)27-15-10-16-28(2)22-11-6-4-7-12-22/h13-14,19,22H,3-12,15-18,20H2,1-2H3,(H,27,31). The summed E-state index contributed by atoms with van der Waals surface area (Å²) in [6.45, 7) is 5.56. The molecule has 0 spiro atoms. The van der Waals surface area contributed by atoms with Crippen LogP contribution in [0.25, 0.3) is 0 Å². The van der Waals surface area contributed by atoms with E-state index in [9.17, 15) is 9.59 Å². The van der Waals surface area contributed by atoms with Gasteiger partial charge in [0.25, 0.3) is 11.8 Å². The Morgan fingerprint density at radius 3 is 2.48 bits per heavy atom. The van der Waals surface area contributed by atoms with E-state index in [-0.39, 0.29) is 18.4 Å². The lowest BCUT2D eigenvalue weighted by Crippen LogP contribution is -2.38. The number of rotatable bonds is 11. The Hall–Kier alpha value is -2.28. The second-order valence-electron chi connectivity index (χ2n) is 9.21. The predicted octanol–water partition coefficient (Wildman–Crippen LogP) is 3.86. The molecule has 1 aliphatic heterocycles. The summed E-state index contributed by atoms with van der Waals surface area (Å²) < 4.78 is 11.5. The summed E-state index contributed by atoms with van der Waals surface area (Å²) in [6.07, 6.45) is 10.8. The van der Waals surface area contributed by atoms with Gasteiger partial charge in [0.15, 0.2) is 18.1 Å². The van der Waals surface area contributed by atoms with Crippen molar-refractivity contribution in [3.05, 3.63) is 23.8 Å². The molecule has 1 heterocycles. The van der Waals surface area contributed by atoms with Crippen molar-refractivity contribution in [3.63, 3.8) is 0 Å². The summed E-state index contributed by atoms with van der Waals surface area (Å²) in [6, 6.07) is 5.85. The molecule has 1 saturated carbocycles. The average molecular weight is 460 g/mol. The van der Waals surface area contributed by atoms with Crippen molar-refractivity contribution >= 4 is 11.8 Å². The van der Waals surface area contributed by atoms with E-state index in [1.54, 1.807) is 18.2 Å². The summed E-state index contributed by atoms with van der Waals surface area (Å²) in [4.78, 5) is 29.4. The van der Waals surface area contributed by atoms with Gasteiger partial charge in [-0.25, -0.2) is 0 Å². The average Bonchev–Trinajstić information content (AvgIpc) is 2.86. The third-order valence-electron chi connectivity index (χ3n) is 6.74. The smallest absolute Gasteiger partial charge is 0.260 e. The van der Waals surface area contributed by atoms with Gasteiger partial charge in [-0.15, -0.1) is 0 Å². The number of carbonyl (C=O) groups is 2. The van der Waals surface area contributed by atoms with Crippen molar-refractivity contribution in [2.24, 2.45) is 0 Å². The van der Waals surface area contributed by atoms with Gasteiger partial charge in [0.1, 0.15) is 0 Å². The first-order valence-corrected chi connectivity index (χ1v) is 12.7. The minimum absolute atomic E-state index is 0.00263. The van der Waals surface area contributed by atoms with E-state index in [4.69, 9.17) is 9.47 Å². The first kappa shape index (κ1) is 25.3. The second-order valence-corrected chi connectivity index (χ2v) is 9.21. The summed E-state index contributed by atoms with van der Waals surface area (Å²) in [5, 5.41) is 3.02. The Kier molecular flexibility index (Phi) is 10.3. The van der Waals surface area contributed by atoms with Crippen LogP contribution in [0.2, 0.25) is 0 Å². The van der Waals surface area contributed by atoms with Crippen molar-refractivity contribution < 1.29 is 19.1 Å². The van der Waals surface area contributed by atoms with E-state index in [0.717, 1.165) is 38.9 Å². The van der Waals surface area contributed by atoms with Crippen LogP contribution in [0.4, 0.5) is 0 Å². The maximum Gasteiger partial charge on any atom is 0.260 e. The van der Waals surface area contributed by atoms with Gasteiger partial charge < -0.3 is 24.6 Å². The van der Waals surface area contributed by atoms with E-state index < -0.39 is 0 Å². The van der Waals surface area contributed by atoms with Crippen LogP contribution in [0.5, 0.6) is 11.5 Å². The first-order valence-electron chi connectivity index (χ1n) is 12.7. The molecule has 2 aliphatic rings. The highest BCUT2D eigenvalue weighted by Gasteiger charge is 2.19. The maximum atomic E-state index is 12.6. The molecule has 184 valence electrons. The molecule has 1 aliphatic carbocycles. The van der Waals surface area contributed by atoms with Crippen molar-refractivity contribution in [2.45, 2.75) is 70.8 Å². The monoisotopic (exact) mass is 459 g/mol. The number of nitrogens with zero attached hydrogens (tertiary/aromatic N) is 2. The van der Waals surface area contributed by atoms with Crippen molar-refractivity contribution in [2.75, 3.05) is 46.4 Å². The van der Waals surface area contributed by atoms with Crippen LogP contribution < -0.4 is 14.8 Å². The molecule has 7 nitrogen and oxygen atoms in total. The fraction of sp³-hybridized carbons (Fsp3) is 0.692. The van der Waals surface area contributed by atoms with Crippen LogP contribution in [0.3, 0.4) is 0 Å². The van der Waals surface area contributed by atoms with Crippen LogP contribution in [0, 0.1) is 0 Å². The van der Waals surface area contributed by atoms with Gasteiger partial charge >= 0.3 is 0 Å². The van der Waals surface area contributed by atoms with E-state index in [1.165, 1.54) is 38.5 Å².